The van der Waals surface area contributed by atoms with Gasteiger partial charge in [0, 0.05) is 18.1 Å². The summed E-state index contributed by atoms with van der Waals surface area (Å²) in [5.74, 6) is 1.39. The molecule has 0 spiro atoms. The Hall–Kier alpha value is -1.08. The minimum absolute atomic E-state index is 0. The summed E-state index contributed by atoms with van der Waals surface area (Å²) in [6.45, 7) is 1.87. The predicted octanol–water partition coefficient (Wildman–Crippen LogP) is 3.50. The number of thiophene rings is 1. The number of carbonyl (C=O) groups is 1. The Labute approximate surface area is 163 Å². The second kappa shape index (κ2) is 8.54. The van der Waals surface area contributed by atoms with Crippen LogP contribution in [0.2, 0.25) is 0 Å². The first-order chi connectivity index (χ1) is 11.2. The van der Waals surface area contributed by atoms with E-state index in [2.05, 4.69) is 15.6 Å². The molecule has 2 aliphatic heterocycles. The van der Waals surface area contributed by atoms with E-state index >= 15 is 0 Å². The molecule has 2 N–H and O–H groups in total. The Kier molecular flexibility index (Phi) is 6.91. The van der Waals surface area contributed by atoms with Gasteiger partial charge in [0.15, 0.2) is 0 Å². The van der Waals surface area contributed by atoms with Crippen molar-refractivity contribution in [3.05, 3.63) is 29.0 Å². The van der Waals surface area contributed by atoms with Gasteiger partial charge in [-0.15, -0.1) is 36.2 Å². The monoisotopic (exact) mass is 403 g/mol. The lowest BCUT2D eigenvalue weighted by atomic mass is 9.99. The van der Waals surface area contributed by atoms with E-state index in [4.69, 9.17) is 4.42 Å². The minimum atomic E-state index is 0. The van der Waals surface area contributed by atoms with Crippen LogP contribution in [-0.2, 0) is 11.2 Å². The molecule has 0 aliphatic carbocycles. The van der Waals surface area contributed by atoms with Gasteiger partial charge in [0.05, 0.1) is 17.0 Å². The molecule has 4 rings (SSSR count). The smallest absolute Gasteiger partial charge is 0.236 e. The highest BCUT2D eigenvalue weighted by atomic mass is 35.5. The van der Waals surface area contributed by atoms with Crippen LogP contribution in [0, 0.1) is 6.92 Å². The third kappa shape index (κ3) is 4.56. The van der Waals surface area contributed by atoms with Gasteiger partial charge < -0.3 is 15.1 Å². The summed E-state index contributed by atoms with van der Waals surface area (Å²) in [4.78, 5) is 17.8. The van der Waals surface area contributed by atoms with Crippen molar-refractivity contribution in [2.45, 2.75) is 57.2 Å². The molecule has 2 bridgehead atoms. The second-order valence-electron chi connectivity index (χ2n) is 6.55. The molecule has 138 valence electrons. The predicted molar refractivity (Wildman–Crippen MR) is 104 cm³/mol. The number of nitrogens with zero attached hydrogens (tertiary/aromatic N) is 1. The molecule has 2 aromatic heterocycles. The molecule has 1 amide bonds. The quantitative estimate of drug-likeness (QED) is 0.819. The van der Waals surface area contributed by atoms with Crippen molar-refractivity contribution >= 4 is 42.1 Å². The first-order valence-electron chi connectivity index (χ1n) is 8.23. The Morgan fingerprint density at radius 1 is 1.36 bits per heavy atom. The van der Waals surface area contributed by atoms with E-state index in [0.717, 1.165) is 29.2 Å². The highest BCUT2D eigenvalue weighted by molar-refractivity contribution is 7.13. The molecule has 0 aromatic carbocycles. The van der Waals surface area contributed by atoms with Crippen LogP contribution in [0.5, 0.6) is 0 Å². The van der Waals surface area contributed by atoms with Crippen LogP contribution >= 0.6 is 36.2 Å². The van der Waals surface area contributed by atoms with Gasteiger partial charge in [-0.05, 0) is 44.1 Å². The fraction of sp³-hybridized carbons (Fsp3) is 0.529. The van der Waals surface area contributed by atoms with Crippen LogP contribution in [-0.4, -0.2) is 29.0 Å². The molecular weight excluding hydrogens is 381 g/mol. The van der Waals surface area contributed by atoms with Crippen molar-refractivity contribution < 1.29 is 9.21 Å². The molecule has 0 radical (unpaired) electrons. The summed E-state index contributed by atoms with van der Waals surface area (Å²) in [5, 5.41) is 8.77. The van der Waals surface area contributed by atoms with Crippen LogP contribution in [0.15, 0.2) is 21.9 Å². The highest BCUT2D eigenvalue weighted by Gasteiger charge is 2.34. The summed E-state index contributed by atoms with van der Waals surface area (Å²) < 4.78 is 5.70. The average Bonchev–Trinajstić information content (AvgIpc) is 3.21. The van der Waals surface area contributed by atoms with Gasteiger partial charge in [0.2, 0.25) is 11.8 Å². The maximum atomic E-state index is 12.4. The van der Waals surface area contributed by atoms with E-state index in [1.165, 1.54) is 12.8 Å². The Morgan fingerprint density at radius 2 is 2.08 bits per heavy atom. The SMILES string of the molecule is Cc1oc(-c2cccs2)nc1CC(=O)NC1CC2CCC(C1)N2.Cl.Cl. The fourth-order valence-corrected chi connectivity index (χ4v) is 4.35. The van der Waals surface area contributed by atoms with Gasteiger partial charge in [0.1, 0.15) is 5.76 Å². The number of nitrogens with one attached hydrogen (secondary N) is 2. The van der Waals surface area contributed by atoms with Gasteiger partial charge in [-0.25, -0.2) is 4.98 Å². The zero-order chi connectivity index (χ0) is 15.8. The van der Waals surface area contributed by atoms with E-state index in [1.54, 1.807) is 11.3 Å². The third-order valence-electron chi connectivity index (χ3n) is 4.79. The first kappa shape index (κ1) is 20.2. The van der Waals surface area contributed by atoms with Gasteiger partial charge in [-0.2, -0.15) is 0 Å². The molecule has 0 saturated carbocycles. The number of hydrogen-bond acceptors (Lipinski definition) is 5. The van der Waals surface area contributed by atoms with Gasteiger partial charge in [0.25, 0.3) is 0 Å². The van der Waals surface area contributed by atoms with E-state index < -0.39 is 0 Å². The van der Waals surface area contributed by atoms with Crippen molar-refractivity contribution in [3.63, 3.8) is 0 Å². The topological polar surface area (TPSA) is 67.2 Å². The number of amides is 1. The molecule has 2 fully saturated rings. The molecule has 5 nitrogen and oxygen atoms in total. The Bertz CT molecular complexity index is 693. The molecule has 2 atom stereocenters. The fourth-order valence-electron chi connectivity index (χ4n) is 3.70. The van der Waals surface area contributed by atoms with E-state index in [0.29, 0.717) is 30.4 Å². The summed E-state index contributed by atoms with van der Waals surface area (Å²) in [7, 11) is 0. The van der Waals surface area contributed by atoms with Crippen LogP contribution in [0.3, 0.4) is 0 Å². The van der Waals surface area contributed by atoms with Gasteiger partial charge in [-0.3, -0.25) is 4.79 Å². The number of halogens is 2. The molecule has 8 heteroatoms. The highest BCUT2D eigenvalue weighted by Crippen LogP contribution is 2.28. The molecule has 2 saturated heterocycles. The maximum absolute atomic E-state index is 12.4. The largest absolute Gasteiger partial charge is 0.440 e. The number of rotatable bonds is 4. The lowest BCUT2D eigenvalue weighted by Gasteiger charge is -2.29. The van der Waals surface area contributed by atoms with Crippen molar-refractivity contribution in [2.24, 2.45) is 0 Å². The molecule has 2 aromatic rings. The summed E-state index contributed by atoms with van der Waals surface area (Å²) >= 11 is 1.59. The minimum Gasteiger partial charge on any atom is -0.440 e. The van der Waals surface area contributed by atoms with Crippen LogP contribution in [0.25, 0.3) is 10.8 Å². The van der Waals surface area contributed by atoms with Crippen LogP contribution < -0.4 is 10.6 Å². The standard InChI is InChI=1S/C17H21N3O2S.2ClH/c1-10-14(20-17(22-10)15-3-2-6-23-15)9-16(21)19-13-7-11-4-5-12(8-13)18-11;;/h2-3,6,11-13,18H,4-5,7-9H2,1H3,(H,19,21);2*1H. The second-order valence-corrected chi connectivity index (χ2v) is 7.50. The number of carbonyl (C=O) groups excluding carboxylic acids is 1. The van der Waals surface area contributed by atoms with E-state index in [-0.39, 0.29) is 30.7 Å². The maximum Gasteiger partial charge on any atom is 0.236 e. The number of hydrogen-bond donors (Lipinski definition) is 2. The molecule has 2 aliphatic rings. The summed E-state index contributed by atoms with van der Waals surface area (Å²) in [6.07, 6.45) is 4.86. The lowest BCUT2D eigenvalue weighted by molar-refractivity contribution is -0.121. The molecule has 2 unspecified atom stereocenters. The van der Waals surface area contributed by atoms with Crippen LogP contribution in [0.4, 0.5) is 0 Å². The van der Waals surface area contributed by atoms with Crippen LogP contribution in [0.1, 0.15) is 37.1 Å². The van der Waals surface area contributed by atoms with Crippen molar-refractivity contribution in [3.8, 4) is 10.8 Å². The third-order valence-corrected chi connectivity index (χ3v) is 5.65. The van der Waals surface area contributed by atoms with Gasteiger partial charge in [-0.1, -0.05) is 6.07 Å². The number of aryl methyl sites for hydroxylation is 1. The Balaban J connectivity index is 0.00000113. The average molecular weight is 404 g/mol. The number of piperidine rings is 1. The molecule has 25 heavy (non-hydrogen) atoms. The van der Waals surface area contributed by atoms with Gasteiger partial charge >= 0.3 is 0 Å². The van der Waals surface area contributed by atoms with E-state index in [1.807, 2.05) is 24.4 Å². The lowest BCUT2D eigenvalue weighted by Crippen LogP contribution is -2.48. The summed E-state index contributed by atoms with van der Waals surface area (Å²) in [6, 6.07) is 5.41. The van der Waals surface area contributed by atoms with Crippen molar-refractivity contribution in [1.82, 2.24) is 15.6 Å². The number of fused-ring (bicyclic) bond motifs is 2. The zero-order valence-electron chi connectivity index (χ0n) is 14.0. The number of oxazole rings is 1. The van der Waals surface area contributed by atoms with E-state index in [9.17, 15) is 4.79 Å². The normalized spacial score (nSPS) is 24.3. The molecule has 4 heterocycles. The number of aromatic nitrogens is 1. The first-order valence-corrected chi connectivity index (χ1v) is 9.11. The Morgan fingerprint density at radius 3 is 2.72 bits per heavy atom. The zero-order valence-corrected chi connectivity index (χ0v) is 16.4. The summed E-state index contributed by atoms with van der Waals surface area (Å²) in [5.41, 5.74) is 0.739. The van der Waals surface area contributed by atoms with Crippen molar-refractivity contribution in [2.75, 3.05) is 0 Å². The van der Waals surface area contributed by atoms with Crippen molar-refractivity contribution in [1.29, 1.82) is 0 Å². The molecular formula is C17H23Cl2N3O2S.